The molecule has 0 spiro atoms. The average Bonchev–Trinajstić information content (AvgIpc) is 3.08. The standard InChI is InChI=1S/C19H16ClN5O/c1-12(15-5-2-3-9-21-15)26-17-8-7-13(11-14(17)20)23-19-18-16(24-25-19)6-4-10-22-18/h2-12H,1H3,(H2,23,24,25)/t12-/m0/s1. The van der Waals surface area contributed by atoms with E-state index in [1.807, 2.05) is 49.4 Å². The quantitative estimate of drug-likeness (QED) is 0.526. The number of benzene rings is 1. The number of anilines is 2. The summed E-state index contributed by atoms with van der Waals surface area (Å²) >= 11 is 6.39. The molecule has 1 aromatic carbocycles. The molecular weight excluding hydrogens is 350 g/mol. The number of rotatable bonds is 5. The van der Waals surface area contributed by atoms with Gasteiger partial charge in [-0.15, -0.1) is 0 Å². The Hall–Kier alpha value is -3.12. The molecular formula is C19H16ClN5O. The molecule has 130 valence electrons. The summed E-state index contributed by atoms with van der Waals surface area (Å²) in [5.41, 5.74) is 3.28. The van der Waals surface area contributed by atoms with E-state index in [0.29, 0.717) is 16.6 Å². The van der Waals surface area contributed by atoms with Crippen LogP contribution in [0.4, 0.5) is 11.5 Å². The lowest BCUT2D eigenvalue weighted by molar-refractivity contribution is 0.222. The van der Waals surface area contributed by atoms with Crippen LogP contribution in [0.25, 0.3) is 11.0 Å². The average molecular weight is 366 g/mol. The first-order chi connectivity index (χ1) is 12.7. The second-order valence-electron chi connectivity index (χ2n) is 5.76. The van der Waals surface area contributed by atoms with Crippen LogP contribution in [0.1, 0.15) is 18.7 Å². The largest absolute Gasteiger partial charge is 0.483 e. The van der Waals surface area contributed by atoms with Gasteiger partial charge in [0.15, 0.2) is 5.82 Å². The van der Waals surface area contributed by atoms with Gasteiger partial charge >= 0.3 is 0 Å². The van der Waals surface area contributed by atoms with E-state index >= 15 is 0 Å². The minimum atomic E-state index is -0.202. The van der Waals surface area contributed by atoms with Crippen LogP contribution in [0.3, 0.4) is 0 Å². The summed E-state index contributed by atoms with van der Waals surface area (Å²) in [6.07, 6.45) is 3.27. The molecule has 0 radical (unpaired) electrons. The number of aromatic amines is 1. The van der Waals surface area contributed by atoms with Gasteiger partial charge in [0.25, 0.3) is 0 Å². The van der Waals surface area contributed by atoms with Crippen molar-refractivity contribution in [2.75, 3.05) is 5.32 Å². The second kappa shape index (κ2) is 7.01. The van der Waals surface area contributed by atoms with Gasteiger partial charge in [0.05, 0.1) is 16.2 Å². The van der Waals surface area contributed by atoms with Crippen molar-refractivity contribution in [3.8, 4) is 5.75 Å². The van der Waals surface area contributed by atoms with Gasteiger partial charge in [-0.25, -0.2) is 0 Å². The lowest BCUT2D eigenvalue weighted by atomic mass is 10.2. The highest BCUT2D eigenvalue weighted by Crippen LogP contribution is 2.32. The van der Waals surface area contributed by atoms with Crippen molar-refractivity contribution in [2.24, 2.45) is 0 Å². The topological polar surface area (TPSA) is 75.7 Å². The van der Waals surface area contributed by atoms with Gasteiger partial charge in [0, 0.05) is 18.1 Å². The van der Waals surface area contributed by atoms with Crippen molar-refractivity contribution in [3.63, 3.8) is 0 Å². The highest BCUT2D eigenvalue weighted by molar-refractivity contribution is 6.32. The summed E-state index contributed by atoms with van der Waals surface area (Å²) in [6, 6.07) is 15.0. The predicted molar refractivity (Wildman–Crippen MR) is 102 cm³/mol. The lowest BCUT2D eigenvalue weighted by Crippen LogP contribution is -2.05. The van der Waals surface area contributed by atoms with Gasteiger partial charge in [-0.2, -0.15) is 5.10 Å². The summed E-state index contributed by atoms with van der Waals surface area (Å²) in [5, 5.41) is 10.9. The first-order valence-corrected chi connectivity index (χ1v) is 8.52. The SMILES string of the molecule is C[C@H](Oc1ccc(Nc2n[nH]c3cccnc23)cc1Cl)c1ccccn1. The van der Waals surface area contributed by atoms with Crippen LogP contribution >= 0.6 is 11.6 Å². The molecule has 1 atom stereocenters. The molecule has 0 aliphatic carbocycles. The Kier molecular flexibility index (Phi) is 4.41. The maximum Gasteiger partial charge on any atom is 0.178 e. The highest BCUT2D eigenvalue weighted by Gasteiger charge is 2.12. The summed E-state index contributed by atoms with van der Waals surface area (Å²) in [5.74, 6) is 1.24. The molecule has 0 aliphatic rings. The molecule has 0 saturated heterocycles. The van der Waals surface area contributed by atoms with Crippen LogP contribution in [0.5, 0.6) is 5.75 Å². The maximum absolute atomic E-state index is 6.39. The van der Waals surface area contributed by atoms with E-state index in [1.165, 1.54) is 0 Å². The van der Waals surface area contributed by atoms with Crippen molar-refractivity contribution in [2.45, 2.75) is 13.0 Å². The fraction of sp³-hybridized carbons (Fsp3) is 0.105. The summed E-state index contributed by atoms with van der Waals surface area (Å²) in [4.78, 5) is 8.63. The van der Waals surface area contributed by atoms with Gasteiger partial charge in [0.2, 0.25) is 0 Å². The third-order valence-corrected chi connectivity index (χ3v) is 4.22. The van der Waals surface area contributed by atoms with Crippen molar-refractivity contribution in [3.05, 3.63) is 71.6 Å². The van der Waals surface area contributed by atoms with Crippen LogP contribution in [0, 0.1) is 0 Å². The summed E-state index contributed by atoms with van der Waals surface area (Å²) in [7, 11) is 0. The van der Waals surface area contributed by atoms with E-state index in [2.05, 4.69) is 25.5 Å². The minimum absolute atomic E-state index is 0.202. The molecule has 6 nitrogen and oxygen atoms in total. The highest BCUT2D eigenvalue weighted by atomic mass is 35.5. The van der Waals surface area contributed by atoms with E-state index in [-0.39, 0.29) is 6.10 Å². The minimum Gasteiger partial charge on any atom is -0.483 e. The molecule has 4 aromatic rings. The molecule has 7 heteroatoms. The Balaban J connectivity index is 1.52. The fourth-order valence-corrected chi connectivity index (χ4v) is 2.84. The second-order valence-corrected chi connectivity index (χ2v) is 6.16. The Morgan fingerprint density at radius 1 is 1.08 bits per heavy atom. The van der Waals surface area contributed by atoms with E-state index < -0.39 is 0 Å². The van der Waals surface area contributed by atoms with E-state index in [9.17, 15) is 0 Å². The monoisotopic (exact) mass is 365 g/mol. The number of H-pyrrole nitrogens is 1. The molecule has 26 heavy (non-hydrogen) atoms. The smallest absolute Gasteiger partial charge is 0.178 e. The number of aromatic nitrogens is 4. The molecule has 0 unspecified atom stereocenters. The third-order valence-electron chi connectivity index (χ3n) is 3.92. The van der Waals surface area contributed by atoms with Crippen molar-refractivity contribution < 1.29 is 4.74 Å². The molecule has 0 saturated carbocycles. The number of nitrogens with zero attached hydrogens (tertiary/aromatic N) is 3. The molecule has 0 fully saturated rings. The molecule has 0 aliphatic heterocycles. The normalized spacial score (nSPS) is 12.1. The Bertz CT molecular complexity index is 1030. The van der Waals surface area contributed by atoms with Crippen LogP contribution in [-0.4, -0.2) is 20.2 Å². The van der Waals surface area contributed by atoms with Crippen LogP contribution in [0.15, 0.2) is 60.9 Å². The van der Waals surface area contributed by atoms with Gasteiger partial charge in [-0.3, -0.25) is 15.1 Å². The van der Waals surface area contributed by atoms with Crippen molar-refractivity contribution >= 4 is 34.1 Å². The van der Waals surface area contributed by atoms with Crippen LogP contribution in [0.2, 0.25) is 5.02 Å². The van der Waals surface area contributed by atoms with Crippen LogP contribution < -0.4 is 10.1 Å². The number of ether oxygens (including phenoxy) is 1. The number of hydrogen-bond acceptors (Lipinski definition) is 5. The predicted octanol–water partition coefficient (Wildman–Crippen LogP) is 4.89. The number of halogens is 1. The Morgan fingerprint density at radius 3 is 2.77 bits per heavy atom. The molecule has 2 N–H and O–H groups in total. The van der Waals surface area contributed by atoms with E-state index in [0.717, 1.165) is 22.4 Å². The molecule has 3 aromatic heterocycles. The first-order valence-electron chi connectivity index (χ1n) is 8.14. The number of hydrogen-bond donors (Lipinski definition) is 2. The summed E-state index contributed by atoms with van der Waals surface area (Å²) < 4.78 is 5.94. The first kappa shape index (κ1) is 16.4. The van der Waals surface area contributed by atoms with Crippen molar-refractivity contribution in [1.82, 2.24) is 20.2 Å². The van der Waals surface area contributed by atoms with E-state index in [4.69, 9.17) is 16.3 Å². The Morgan fingerprint density at radius 2 is 1.96 bits per heavy atom. The third kappa shape index (κ3) is 3.32. The van der Waals surface area contributed by atoms with Crippen molar-refractivity contribution in [1.29, 1.82) is 0 Å². The van der Waals surface area contributed by atoms with Gasteiger partial charge in [-0.1, -0.05) is 17.7 Å². The number of pyridine rings is 2. The molecule has 0 amide bonds. The van der Waals surface area contributed by atoms with Gasteiger partial charge in [-0.05, 0) is 49.4 Å². The van der Waals surface area contributed by atoms with E-state index in [1.54, 1.807) is 18.5 Å². The lowest BCUT2D eigenvalue weighted by Gasteiger charge is -2.16. The fourth-order valence-electron chi connectivity index (χ4n) is 2.62. The maximum atomic E-state index is 6.39. The molecule has 3 heterocycles. The number of nitrogens with one attached hydrogen (secondary N) is 2. The molecule has 4 rings (SSSR count). The molecule has 0 bridgehead atoms. The summed E-state index contributed by atoms with van der Waals surface area (Å²) in [6.45, 7) is 1.94. The zero-order valence-corrected chi connectivity index (χ0v) is 14.7. The van der Waals surface area contributed by atoms with Crippen LogP contribution in [-0.2, 0) is 0 Å². The Labute approximate surface area is 155 Å². The zero-order valence-electron chi connectivity index (χ0n) is 14.0. The van der Waals surface area contributed by atoms with Gasteiger partial charge in [0.1, 0.15) is 17.4 Å². The zero-order chi connectivity index (χ0) is 17.9. The van der Waals surface area contributed by atoms with Gasteiger partial charge < -0.3 is 10.1 Å². The number of fused-ring (bicyclic) bond motifs is 1.